The van der Waals surface area contributed by atoms with Gasteiger partial charge in [-0.2, -0.15) is 0 Å². The smallest absolute Gasteiger partial charge is 0.164 e. The van der Waals surface area contributed by atoms with Crippen molar-refractivity contribution in [1.29, 1.82) is 0 Å². The summed E-state index contributed by atoms with van der Waals surface area (Å²) in [7, 11) is 0. The van der Waals surface area contributed by atoms with Gasteiger partial charge in [-0.1, -0.05) is 152 Å². The summed E-state index contributed by atoms with van der Waals surface area (Å²) in [6, 6.07) is 67.6. The van der Waals surface area contributed by atoms with Crippen molar-refractivity contribution in [1.82, 2.24) is 19.5 Å². The highest BCUT2D eigenvalue weighted by atomic mass is 16.3. The number of aromatic nitrogens is 4. The summed E-state index contributed by atoms with van der Waals surface area (Å²) in [5.74, 6) is 1.92. The molecule has 0 saturated carbocycles. The number of benzene rings is 8. The summed E-state index contributed by atoms with van der Waals surface area (Å²) in [5, 5.41) is 4.66. The maximum absolute atomic E-state index is 6.20. The maximum atomic E-state index is 6.20. The lowest BCUT2D eigenvalue weighted by Gasteiger charge is -2.14. The molecule has 5 heteroatoms. The van der Waals surface area contributed by atoms with E-state index in [1.807, 2.05) is 72.8 Å². The third-order valence-corrected chi connectivity index (χ3v) is 10.6. The van der Waals surface area contributed by atoms with Crippen LogP contribution in [-0.2, 0) is 0 Å². The Morgan fingerprint density at radius 1 is 0.339 bits per heavy atom. The Kier molecular flexibility index (Phi) is 7.42. The fourth-order valence-electron chi connectivity index (χ4n) is 8.01. The topological polar surface area (TPSA) is 56.7 Å². The molecule has 0 atom stereocenters. The molecule has 3 aromatic heterocycles. The molecule has 0 aliphatic rings. The van der Waals surface area contributed by atoms with Crippen molar-refractivity contribution in [2.24, 2.45) is 0 Å². The Morgan fingerprint density at radius 3 is 1.66 bits per heavy atom. The lowest BCUT2D eigenvalue weighted by atomic mass is 9.99. The van der Waals surface area contributed by atoms with E-state index >= 15 is 0 Å². The molecule has 262 valence electrons. The molecule has 0 bridgehead atoms. The number of nitrogens with zero attached hydrogens (tertiary/aromatic N) is 4. The maximum Gasteiger partial charge on any atom is 0.164 e. The van der Waals surface area contributed by atoms with Crippen LogP contribution in [0.2, 0.25) is 0 Å². The standard InChI is InChI=1S/C51H32N4O/c1-3-14-33(15-4-1)49-52-50(34-16-5-2-6-17-34)54-51(53-49)38-20-11-18-35(30-38)36-19-12-21-39(31-36)55-45-26-9-7-22-41(45)43-25-13-24-40(48(43)55)37-28-29-47-44(32-37)42-23-8-10-27-46(42)56-47/h1-32H. The first kappa shape index (κ1) is 31.9. The first-order chi connectivity index (χ1) is 27.7. The van der Waals surface area contributed by atoms with Gasteiger partial charge in [0.05, 0.1) is 11.0 Å². The predicted octanol–water partition coefficient (Wildman–Crippen LogP) is 13.2. The summed E-state index contributed by atoms with van der Waals surface area (Å²) >= 11 is 0. The number of hydrogen-bond acceptors (Lipinski definition) is 4. The second-order valence-electron chi connectivity index (χ2n) is 14.0. The van der Waals surface area contributed by atoms with Crippen molar-refractivity contribution in [2.75, 3.05) is 0 Å². The van der Waals surface area contributed by atoms with Crippen molar-refractivity contribution in [3.63, 3.8) is 0 Å². The van der Waals surface area contributed by atoms with E-state index in [1.54, 1.807) is 0 Å². The van der Waals surface area contributed by atoms with Gasteiger partial charge in [0, 0.05) is 49.5 Å². The molecule has 0 N–H and O–H groups in total. The first-order valence-electron chi connectivity index (χ1n) is 18.8. The highest BCUT2D eigenvalue weighted by Gasteiger charge is 2.18. The average Bonchev–Trinajstić information content (AvgIpc) is 3.83. The van der Waals surface area contributed by atoms with Crippen LogP contribution in [0, 0.1) is 0 Å². The van der Waals surface area contributed by atoms with Crippen LogP contribution in [0.25, 0.3) is 106 Å². The summed E-state index contributed by atoms with van der Waals surface area (Å²) in [6.07, 6.45) is 0. The van der Waals surface area contributed by atoms with Gasteiger partial charge < -0.3 is 8.98 Å². The van der Waals surface area contributed by atoms with Gasteiger partial charge in [-0.05, 0) is 59.2 Å². The predicted molar refractivity (Wildman–Crippen MR) is 229 cm³/mol. The number of fused-ring (bicyclic) bond motifs is 6. The Balaban J connectivity index is 1.06. The van der Waals surface area contributed by atoms with Crippen LogP contribution in [0.15, 0.2) is 199 Å². The molecule has 3 heterocycles. The molecule has 56 heavy (non-hydrogen) atoms. The minimum Gasteiger partial charge on any atom is -0.456 e. The van der Waals surface area contributed by atoms with E-state index in [1.165, 1.54) is 16.3 Å². The zero-order valence-electron chi connectivity index (χ0n) is 30.2. The molecule has 0 amide bonds. The Labute approximate surface area is 322 Å². The lowest BCUT2D eigenvalue weighted by molar-refractivity contribution is 0.669. The molecule has 8 aromatic carbocycles. The number of hydrogen-bond donors (Lipinski definition) is 0. The molecule has 0 aliphatic heterocycles. The average molecular weight is 717 g/mol. The zero-order chi connectivity index (χ0) is 37.0. The molecule has 5 nitrogen and oxygen atoms in total. The van der Waals surface area contributed by atoms with Crippen LogP contribution < -0.4 is 0 Å². The molecular formula is C51H32N4O. The number of para-hydroxylation sites is 3. The summed E-state index contributed by atoms with van der Waals surface area (Å²) < 4.78 is 8.61. The van der Waals surface area contributed by atoms with Crippen molar-refractivity contribution in [3.8, 4) is 62.1 Å². The summed E-state index contributed by atoms with van der Waals surface area (Å²) in [4.78, 5) is 14.9. The summed E-state index contributed by atoms with van der Waals surface area (Å²) in [5.41, 5.74) is 12.5. The van der Waals surface area contributed by atoms with Crippen LogP contribution >= 0.6 is 0 Å². The highest BCUT2D eigenvalue weighted by molar-refractivity contribution is 6.15. The van der Waals surface area contributed by atoms with E-state index in [9.17, 15) is 0 Å². The van der Waals surface area contributed by atoms with Crippen LogP contribution in [-0.4, -0.2) is 19.5 Å². The van der Waals surface area contributed by atoms with Crippen LogP contribution in [0.3, 0.4) is 0 Å². The molecule has 0 saturated heterocycles. The van der Waals surface area contributed by atoms with Crippen molar-refractivity contribution < 1.29 is 4.42 Å². The van der Waals surface area contributed by atoms with E-state index in [2.05, 4.69) is 126 Å². The van der Waals surface area contributed by atoms with Crippen molar-refractivity contribution >= 4 is 43.7 Å². The van der Waals surface area contributed by atoms with E-state index in [0.29, 0.717) is 17.5 Å². The van der Waals surface area contributed by atoms with Gasteiger partial charge >= 0.3 is 0 Å². The van der Waals surface area contributed by atoms with Crippen molar-refractivity contribution in [2.45, 2.75) is 0 Å². The SMILES string of the molecule is c1ccc(-c2nc(-c3ccccc3)nc(-c3cccc(-c4cccc(-n5c6ccccc6c6cccc(-c7ccc8oc9ccccc9c8c7)c65)c4)c3)n2)cc1. The third kappa shape index (κ3) is 5.37. The van der Waals surface area contributed by atoms with Gasteiger partial charge in [0.2, 0.25) is 0 Å². The number of furan rings is 1. The molecule has 0 fully saturated rings. The van der Waals surface area contributed by atoms with Crippen LogP contribution in [0.1, 0.15) is 0 Å². The summed E-state index contributed by atoms with van der Waals surface area (Å²) in [6.45, 7) is 0. The third-order valence-electron chi connectivity index (χ3n) is 10.6. The van der Waals surface area contributed by atoms with E-state index in [0.717, 1.165) is 72.1 Å². The molecule has 0 aliphatic carbocycles. The Bertz CT molecular complexity index is 3200. The molecular weight excluding hydrogens is 685 g/mol. The fraction of sp³-hybridized carbons (Fsp3) is 0. The van der Waals surface area contributed by atoms with Gasteiger partial charge in [-0.15, -0.1) is 0 Å². The largest absolute Gasteiger partial charge is 0.456 e. The Hall–Kier alpha value is -7.63. The molecule has 11 aromatic rings. The van der Waals surface area contributed by atoms with E-state index in [4.69, 9.17) is 19.4 Å². The first-order valence-corrected chi connectivity index (χ1v) is 18.8. The minimum absolute atomic E-state index is 0.630. The molecule has 0 spiro atoms. The van der Waals surface area contributed by atoms with E-state index in [-0.39, 0.29) is 0 Å². The quantitative estimate of drug-likeness (QED) is 0.172. The molecule has 0 unspecified atom stereocenters. The second kappa shape index (κ2) is 13.0. The van der Waals surface area contributed by atoms with Crippen molar-refractivity contribution in [3.05, 3.63) is 194 Å². The normalized spacial score (nSPS) is 11.6. The van der Waals surface area contributed by atoms with Gasteiger partial charge in [0.15, 0.2) is 17.5 Å². The Morgan fingerprint density at radius 2 is 0.893 bits per heavy atom. The number of rotatable bonds is 6. The lowest BCUT2D eigenvalue weighted by Crippen LogP contribution is -2.00. The van der Waals surface area contributed by atoms with Gasteiger partial charge in [-0.25, -0.2) is 15.0 Å². The van der Waals surface area contributed by atoms with Gasteiger partial charge in [0.25, 0.3) is 0 Å². The second-order valence-corrected chi connectivity index (χ2v) is 14.0. The van der Waals surface area contributed by atoms with Crippen LogP contribution in [0.5, 0.6) is 0 Å². The fourth-order valence-corrected chi connectivity index (χ4v) is 8.01. The molecule has 11 rings (SSSR count). The monoisotopic (exact) mass is 716 g/mol. The molecule has 0 radical (unpaired) electrons. The van der Waals surface area contributed by atoms with Gasteiger partial charge in [-0.3, -0.25) is 0 Å². The zero-order valence-corrected chi connectivity index (χ0v) is 30.2. The van der Waals surface area contributed by atoms with E-state index < -0.39 is 0 Å². The highest BCUT2D eigenvalue weighted by Crippen LogP contribution is 2.41. The van der Waals surface area contributed by atoms with Crippen LogP contribution in [0.4, 0.5) is 0 Å². The van der Waals surface area contributed by atoms with Gasteiger partial charge in [0.1, 0.15) is 11.2 Å². The minimum atomic E-state index is 0.630.